The molecule has 1 heterocycles. The first-order valence-corrected chi connectivity index (χ1v) is 6.13. The van der Waals surface area contributed by atoms with Crippen molar-refractivity contribution in [3.8, 4) is 0 Å². The Hall–Kier alpha value is -1.58. The molecule has 0 aliphatic heterocycles. The zero-order valence-corrected chi connectivity index (χ0v) is 10.6. The molecule has 1 amide bonds. The van der Waals surface area contributed by atoms with Gasteiger partial charge in [-0.2, -0.15) is 4.84 Å². The lowest BCUT2D eigenvalue weighted by Crippen LogP contribution is -2.49. The number of rotatable bonds is 6. The summed E-state index contributed by atoms with van der Waals surface area (Å²) in [7, 11) is 1.76. The molecule has 0 bridgehead atoms. The van der Waals surface area contributed by atoms with Crippen LogP contribution in [0, 0.1) is 0 Å². The van der Waals surface area contributed by atoms with Crippen molar-refractivity contribution in [3.63, 3.8) is 0 Å². The molecule has 4 nitrogen and oxygen atoms in total. The van der Waals surface area contributed by atoms with E-state index in [2.05, 4.69) is 6.92 Å². The van der Waals surface area contributed by atoms with Gasteiger partial charge in [0.1, 0.15) is 0 Å². The Morgan fingerprint density at radius 3 is 2.53 bits per heavy atom. The second-order valence-electron chi connectivity index (χ2n) is 4.07. The first-order chi connectivity index (χ1) is 8.24. The molecule has 0 aromatic carbocycles. The van der Waals surface area contributed by atoms with Gasteiger partial charge >= 0.3 is 6.09 Å². The average Bonchev–Trinajstić information content (AvgIpc) is 2.35. The number of nitrogens with zero attached hydrogens (tertiary/aromatic N) is 2. The van der Waals surface area contributed by atoms with E-state index in [1.807, 2.05) is 18.2 Å². The van der Waals surface area contributed by atoms with Crippen LogP contribution in [0.25, 0.3) is 0 Å². The topological polar surface area (TPSA) is 33.4 Å². The van der Waals surface area contributed by atoms with Crippen LogP contribution in [0.15, 0.2) is 30.6 Å². The lowest BCUT2D eigenvalue weighted by molar-refractivity contribution is -0.869. The Kier molecular flexibility index (Phi) is 6.07. The van der Waals surface area contributed by atoms with Crippen LogP contribution in [0.2, 0.25) is 0 Å². The van der Waals surface area contributed by atoms with Crippen LogP contribution in [0.4, 0.5) is 4.79 Å². The van der Waals surface area contributed by atoms with Crippen LogP contribution in [0.5, 0.6) is 0 Å². The Bertz CT molecular complexity index is 327. The molecule has 0 atom stereocenters. The van der Waals surface area contributed by atoms with Crippen LogP contribution >= 0.6 is 0 Å². The van der Waals surface area contributed by atoms with Crippen molar-refractivity contribution in [2.75, 3.05) is 13.6 Å². The van der Waals surface area contributed by atoms with E-state index < -0.39 is 0 Å². The van der Waals surface area contributed by atoms with Crippen LogP contribution in [-0.2, 0) is 0 Å². The standard InChI is InChI=1S/C13H21N2O2/c1-3-4-5-7-10-14(2)13(16)17-15-11-8-6-9-12-15/h6,8-9,11-12H,3-5,7,10H2,1-2H3/q+1. The van der Waals surface area contributed by atoms with E-state index in [1.54, 1.807) is 24.3 Å². The van der Waals surface area contributed by atoms with Gasteiger partial charge in [0.05, 0.1) is 0 Å². The van der Waals surface area contributed by atoms with Gasteiger partial charge in [0.15, 0.2) is 0 Å². The Morgan fingerprint density at radius 2 is 1.88 bits per heavy atom. The first kappa shape index (κ1) is 13.5. The van der Waals surface area contributed by atoms with Crippen molar-refractivity contribution >= 4 is 6.09 Å². The normalized spacial score (nSPS) is 10.0. The highest BCUT2D eigenvalue weighted by Gasteiger charge is 2.15. The molecule has 0 N–H and O–H groups in total. The Balaban J connectivity index is 2.27. The highest BCUT2D eigenvalue weighted by atomic mass is 16.7. The Morgan fingerprint density at radius 1 is 1.18 bits per heavy atom. The molecule has 0 fully saturated rings. The highest BCUT2D eigenvalue weighted by molar-refractivity contribution is 5.66. The number of pyridine rings is 1. The monoisotopic (exact) mass is 237 g/mol. The predicted octanol–water partition coefficient (Wildman–Crippen LogP) is 2.03. The van der Waals surface area contributed by atoms with Gasteiger partial charge in [0, 0.05) is 30.5 Å². The second kappa shape index (κ2) is 7.65. The van der Waals surface area contributed by atoms with Gasteiger partial charge in [0.25, 0.3) is 0 Å². The third-order valence-corrected chi connectivity index (χ3v) is 2.53. The molecule has 0 radical (unpaired) electrons. The summed E-state index contributed by atoms with van der Waals surface area (Å²) in [6, 6.07) is 5.50. The third kappa shape index (κ3) is 5.33. The molecule has 1 rings (SSSR count). The van der Waals surface area contributed by atoms with E-state index in [4.69, 9.17) is 4.84 Å². The molecule has 0 unspecified atom stereocenters. The number of amides is 1. The number of carbonyl (C=O) groups is 1. The molecule has 1 aromatic rings. The lowest BCUT2D eigenvalue weighted by Gasteiger charge is -2.12. The van der Waals surface area contributed by atoms with E-state index in [0.717, 1.165) is 19.4 Å². The molecule has 0 aliphatic rings. The molecule has 94 valence electrons. The van der Waals surface area contributed by atoms with Gasteiger partial charge in [0.2, 0.25) is 12.4 Å². The third-order valence-electron chi connectivity index (χ3n) is 2.53. The zero-order chi connectivity index (χ0) is 12.5. The lowest BCUT2D eigenvalue weighted by atomic mass is 10.2. The van der Waals surface area contributed by atoms with E-state index in [-0.39, 0.29) is 6.09 Å². The van der Waals surface area contributed by atoms with Crippen molar-refractivity contribution in [1.82, 2.24) is 4.90 Å². The minimum absolute atomic E-state index is 0.322. The van der Waals surface area contributed by atoms with Crippen LogP contribution in [-0.4, -0.2) is 24.6 Å². The van der Waals surface area contributed by atoms with Crippen molar-refractivity contribution in [2.24, 2.45) is 0 Å². The molecule has 17 heavy (non-hydrogen) atoms. The average molecular weight is 237 g/mol. The predicted molar refractivity (Wildman–Crippen MR) is 65.4 cm³/mol. The zero-order valence-electron chi connectivity index (χ0n) is 10.6. The van der Waals surface area contributed by atoms with E-state index in [1.165, 1.54) is 17.6 Å². The number of hydrogen-bond donors (Lipinski definition) is 0. The molecule has 4 heteroatoms. The maximum atomic E-state index is 11.7. The SMILES string of the molecule is CCCCCCN(C)C(=O)O[n+]1ccccc1. The minimum Gasteiger partial charge on any atom is -0.306 e. The number of unbranched alkanes of at least 4 members (excludes halogenated alkanes) is 3. The molecule has 0 spiro atoms. The van der Waals surface area contributed by atoms with Gasteiger partial charge in [-0.15, -0.1) is 0 Å². The van der Waals surface area contributed by atoms with Crippen LogP contribution in [0.1, 0.15) is 32.6 Å². The summed E-state index contributed by atoms with van der Waals surface area (Å²) in [6.07, 6.45) is 7.68. The van der Waals surface area contributed by atoms with Crippen molar-refractivity contribution in [1.29, 1.82) is 0 Å². The van der Waals surface area contributed by atoms with Crippen molar-refractivity contribution in [3.05, 3.63) is 30.6 Å². The second-order valence-corrected chi connectivity index (χ2v) is 4.07. The minimum atomic E-state index is -0.322. The quantitative estimate of drug-likeness (QED) is 0.560. The van der Waals surface area contributed by atoms with Crippen LogP contribution < -0.4 is 9.57 Å². The highest BCUT2D eigenvalue weighted by Crippen LogP contribution is 2.00. The summed E-state index contributed by atoms with van der Waals surface area (Å²) in [4.78, 5) is 18.4. The fourth-order valence-corrected chi connectivity index (χ4v) is 1.47. The number of carbonyl (C=O) groups excluding carboxylic acids is 1. The maximum Gasteiger partial charge on any atom is 0.478 e. The summed E-state index contributed by atoms with van der Waals surface area (Å²) in [5.74, 6) is 0. The van der Waals surface area contributed by atoms with E-state index >= 15 is 0 Å². The molecular formula is C13H21N2O2+. The summed E-state index contributed by atoms with van der Waals surface area (Å²) in [6.45, 7) is 2.91. The molecule has 0 aliphatic carbocycles. The van der Waals surface area contributed by atoms with Gasteiger partial charge in [-0.1, -0.05) is 32.3 Å². The summed E-state index contributed by atoms with van der Waals surface area (Å²) < 4.78 is 1.41. The fraction of sp³-hybridized carbons (Fsp3) is 0.538. The van der Waals surface area contributed by atoms with Crippen molar-refractivity contribution in [2.45, 2.75) is 32.6 Å². The fourth-order valence-electron chi connectivity index (χ4n) is 1.47. The van der Waals surface area contributed by atoms with Crippen LogP contribution in [0.3, 0.4) is 0 Å². The van der Waals surface area contributed by atoms with Gasteiger partial charge in [-0.3, -0.25) is 0 Å². The molecule has 0 saturated carbocycles. The van der Waals surface area contributed by atoms with E-state index in [9.17, 15) is 4.79 Å². The van der Waals surface area contributed by atoms with Gasteiger partial charge < -0.3 is 4.90 Å². The smallest absolute Gasteiger partial charge is 0.306 e. The summed E-state index contributed by atoms with van der Waals surface area (Å²) in [5, 5.41) is 0. The molecule has 0 saturated heterocycles. The molecular weight excluding hydrogens is 216 g/mol. The molecule has 1 aromatic heterocycles. The number of aromatic nitrogens is 1. The first-order valence-electron chi connectivity index (χ1n) is 6.13. The maximum absolute atomic E-state index is 11.7. The summed E-state index contributed by atoms with van der Waals surface area (Å²) in [5.41, 5.74) is 0. The van der Waals surface area contributed by atoms with Gasteiger partial charge in [-0.25, -0.2) is 4.79 Å². The number of hydrogen-bond acceptors (Lipinski definition) is 2. The Labute approximate surface area is 103 Å². The van der Waals surface area contributed by atoms with Crippen molar-refractivity contribution < 1.29 is 14.4 Å². The van der Waals surface area contributed by atoms with E-state index in [0.29, 0.717) is 0 Å². The largest absolute Gasteiger partial charge is 0.478 e. The van der Waals surface area contributed by atoms with Gasteiger partial charge in [-0.05, 0) is 6.42 Å². The summed E-state index contributed by atoms with van der Waals surface area (Å²) >= 11 is 0.